The lowest BCUT2D eigenvalue weighted by molar-refractivity contribution is 0.0991. The van der Waals surface area contributed by atoms with Crippen molar-refractivity contribution in [3.63, 3.8) is 0 Å². The molecule has 0 saturated heterocycles. The van der Waals surface area contributed by atoms with Gasteiger partial charge in [0.1, 0.15) is 0 Å². The molecule has 0 fully saturated rings. The van der Waals surface area contributed by atoms with Crippen LogP contribution < -0.4 is 10.5 Å². The molecule has 0 unspecified atom stereocenters. The number of halogens is 1. The summed E-state index contributed by atoms with van der Waals surface area (Å²) in [5.74, 6) is -2.04. The summed E-state index contributed by atoms with van der Waals surface area (Å²) in [5, 5.41) is 0. The van der Waals surface area contributed by atoms with Crippen molar-refractivity contribution in [2.24, 2.45) is 5.73 Å². The summed E-state index contributed by atoms with van der Waals surface area (Å²) in [6, 6.07) is 3.39. The third-order valence-electron chi connectivity index (χ3n) is 2.29. The molecule has 0 radical (unpaired) electrons. The van der Waals surface area contributed by atoms with E-state index in [1.807, 2.05) is 0 Å². The number of amides is 1. The maximum Gasteiger partial charge on any atom is 0.270 e. The minimum absolute atomic E-state index is 0.0353. The van der Waals surface area contributed by atoms with Crippen molar-refractivity contribution in [2.75, 3.05) is 4.72 Å². The van der Waals surface area contributed by atoms with Crippen molar-refractivity contribution in [3.05, 3.63) is 48.3 Å². The Labute approximate surface area is 113 Å². The number of aromatic nitrogens is 2. The highest BCUT2D eigenvalue weighted by atomic mass is 32.2. The van der Waals surface area contributed by atoms with E-state index in [2.05, 4.69) is 14.7 Å². The Hall–Kier alpha value is -2.55. The molecule has 0 spiro atoms. The summed E-state index contributed by atoms with van der Waals surface area (Å²) in [6.45, 7) is 0. The number of hydrogen-bond donors (Lipinski definition) is 2. The third kappa shape index (κ3) is 2.88. The number of carbonyl (C=O) groups excluding carboxylic acids is 1. The van der Waals surface area contributed by atoms with Crippen LogP contribution in [0.2, 0.25) is 0 Å². The van der Waals surface area contributed by atoms with E-state index in [1.54, 1.807) is 0 Å². The van der Waals surface area contributed by atoms with Crippen LogP contribution in [-0.4, -0.2) is 24.3 Å². The van der Waals surface area contributed by atoms with Crippen LogP contribution in [0.1, 0.15) is 10.5 Å². The van der Waals surface area contributed by atoms with E-state index in [0.717, 1.165) is 12.3 Å². The van der Waals surface area contributed by atoms with E-state index in [1.165, 1.54) is 24.5 Å². The van der Waals surface area contributed by atoms with Crippen LogP contribution in [0.25, 0.3) is 0 Å². The normalized spacial score (nSPS) is 11.1. The molecule has 0 bridgehead atoms. The molecule has 9 heteroatoms. The Bertz CT molecular complexity index is 750. The highest BCUT2D eigenvalue weighted by molar-refractivity contribution is 7.92. The molecule has 0 aliphatic carbocycles. The first-order valence-corrected chi connectivity index (χ1v) is 6.76. The predicted octanol–water partition coefficient (Wildman–Crippen LogP) is 0.515. The van der Waals surface area contributed by atoms with E-state index in [4.69, 9.17) is 5.73 Å². The van der Waals surface area contributed by atoms with Gasteiger partial charge in [0.2, 0.25) is 0 Å². The minimum Gasteiger partial charge on any atom is -0.364 e. The second-order valence-electron chi connectivity index (χ2n) is 3.71. The van der Waals surface area contributed by atoms with E-state index >= 15 is 0 Å². The van der Waals surface area contributed by atoms with Gasteiger partial charge in [-0.05, 0) is 12.1 Å². The molecule has 1 amide bonds. The lowest BCUT2D eigenvalue weighted by Gasteiger charge is -2.08. The maximum absolute atomic E-state index is 13.5. The number of anilines is 1. The summed E-state index contributed by atoms with van der Waals surface area (Å²) in [4.78, 5) is 17.9. The number of rotatable bonds is 4. The Morgan fingerprint density at radius 2 is 1.95 bits per heavy atom. The van der Waals surface area contributed by atoms with E-state index in [9.17, 15) is 17.6 Å². The molecular formula is C11H9FN4O3S. The van der Waals surface area contributed by atoms with Crippen molar-refractivity contribution >= 4 is 21.6 Å². The molecule has 2 aromatic rings. The van der Waals surface area contributed by atoms with Crippen molar-refractivity contribution in [3.8, 4) is 0 Å². The molecular weight excluding hydrogens is 287 g/mol. The first kappa shape index (κ1) is 13.9. The van der Waals surface area contributed by atoms with Gasteiger partial charge in [0.05, 0.1) is 16.8 Å². The zero-order valence-electron chi connectivity index (χ0n) is 9.95. The van der Waals surface area contributed by atoms with Crippen LogP contribution in [0, 0.1) is 5.82 Å². The highest BCUT2D eigenvalue weighted by Crippen LogP contribution is 2.16. The number of pyridine rings is 2. The second kappa shape index (κ2) is 5.21. The highest BCUT2D eigenvalue weighted by Gasteiger charge is 2.16. The largest absolute Gasteiger partial charge is 0.364 e. The van der Waals surface area contributed by atoms with Crippen LogP contribution in [0.5, 0.6) is 0 Å². The fourth-order valence-electron chi connectivity index (χ4n) is 1.41. The fourth-order valence-corrected chi connectivity index (χ4v) is 2.43. The fraction of sp³-hybridized carbons (Fsp3) is 0. The molecule has 104 valence electrons. The zero-order chi connectivity index (χ0) is 14.8. The first-order valence-electron chi connectivity index (χ1n) is 5.28. The van der Waals surface area contributed by atoms with Gasteiger partial charge in [-0.1, -0.05) is 0 Å². The molecule has 0 atom stereocenters. The molecule has 3 N–H and O–H groups in total. The Morgan fingerprint density at radius 1 is 1.30 bits per heavy atom. The molecule has 0 aliphatic rings. The number of hydrogen-bond acceptors (Lipinski definition) is 5. The number of nitrogens with zero attached hydrogens (tertiary/aromatic N) is 2. The maximum atomic E-state index is 13.5. The van der Waals surface area contributed by atoms with Crippen LogP contribution in [-0.2, 0) is 10.0 Å². The lowest BCUT2D eigenvalue weighted by Crippen LogP contribution is -2.17. The SMILES string of the molecule is NC(=O)c1ncc(NS(=O)(=O)c2ccncc2)cc1F. The third-order valence-corrected chi connectivity index (χ3v) is 3.68. The molecule has 20 heavy (non-hydrogen) atoms. The van der Waals surface area contributed by atoms with Crippen molar-refractivity contribution in [1.82, 2.24) is 9.97 Å². The topological polar surface area (TPSA) is 115 Å². The van der Waals surface area contributed by atoms with Crippen LogP contribution in [0.4, 0.5) is 10.1 Å². The number of primary amides is 1. The summed E-state index contributed by atoms with van der Waals surface area (Å²) < 4.78 is 39.5. The number of nitrogens with one attached hydrogen (secondary N) is 1. The number of sulfonamides is 1. The van der Waals surface area contributed by atoms with E-state index in [-0.39, 0.29) is 10.6 Å². The van der Waals surface area contributed by atoms with Gasteiger partial charge in [-0.25, -0.2) is 17.8 Å². The summed E-state index contributed by atoms with van der Waals surface area (Å²) >= 11 is 0. The number of carbonyl (C=O) groups is 1. The van der Waals surface area contributed by atoms with Gasteiger partial charge in [-0.3, -0.25) is 14.5 Å². The standard InChI is InChI=1S/C11H9FN4O3S/c12-9-5-7(6-15-10(9)11(13)17)16-20(18,19)8-1-3-14-4-2-8/h1-6,16H,(H2,13,17). The van der Waals surface area contributed by atoms with Crippen molar-refractivity contribution in [1.29, 1.82) is 0 Å². The smallest absolute Gasteiger partial charge is 0.270 e. The Balaban J connectivity index is 2.31. The van der Waals surface area contributed by atoms with Gasteiger partial charge >= 0.3 is 0 Å². The summed E-state index contributed by atoms with van der Waals surface area (Å²) in [7, 11) is -3.88. The molecule has 7 nitrogen and oxygen atoms in total. The molecule has 0 aromatic carbocycles. The van der Waals surface area contributed by atoms with E-state index in [0.29, 0.717) is 0 Å². The van der Waals surface area contributed by atoms with Gasteiger partial charge in [0, 0.05) is 18.5 Å². The van der Waals surface area contributed by atoms with Gasteiger partial charge < -0.3 is 5.73 Å². The lowest BCUT2D eigenvalue weighted by atomic mass is 10.3. The van der Waals surface area contributed by atoms with Gasteiger partial charge in [0.25, 0.3) is 15.9 Å². The zero-order valence-corrected chi connectivity index (χ0v) is 10.8. The first-order chi connectivity index (χ1) is 9.40. The summed E-state index contributed by atoms with van der Waals surface area (Å²) in [6.07, 6.45) is 3.62. The van der Waals surface area contributed by atoms with Crippen LogP contribution in [0.3, 0.4) is 0 Å². The minimum atomic E-state index is -3.88. The van der Waals surface area contributed by atoms with Crippen molar-refractivity contribution < 1.29 is 17.6 Å². The van der Waals surface area contributed by atoms with Crippen molar-refractivity contribution in [2.45, 2.75) is 4.90 Å². The van der Waals surface area contributed by atoms with E-state index < -0.39 is 27.4 Å². The summed E-state index contributed by atoms with van der Waals surface area (Å²) in [5.41, 5.74) is 4.22. The average Bonchev–Trinajstić information content (AvgIpc) is 2.39. The van der Waals surface area contributed by atoms with Gasteiger partial charge in [-0.2, -0.15) is 0 Å². The average molecular weight is 296 g/mol. The van der Waals surface area contributed by atoms with Gasteiger partial charge in [-0.15, -0.1) is 0 Å². The predicted molar refractivity (Wildman–Crippen MR) is 67.8 cm³/mol. The number of nitrogens with two attached hydrogens (primary N) is 1. The van der Waals surface area contributed by atoms with Crippen LogP contribution in [0.15, 0.2) is 41.7 Å². The molecule has 0 aliphatic heterocycles. The quantitative estimate of drug-likeness (QED) is 0.853. The van der Waals surface area contributed by atoms with Crippen LogP contribution >= 0.6 is 0 Å². The monoisotopic (exact) mass is 296 g/mol. The Morgan fingerprint density at radius 3 is 2.50 bits per heavy atom. The molecule has 2 heterocycles. The molecule has 2 aromatic heterocycles. The molecule has 0 saturated carbocycles. The van der Waals surface area contributed by atoms with Gasteiger partial charge in [0.15, 0.2) is 11.5 Å². The second-order valence-corrected chi connectivity index (χ2v) is 5.39. The Kier molecular flexibility index (Phi) is 3.61. The molecule has 2 rings (SSSR count).